The van der Waals surface area contributed by atoms with E-state index in [0.717, 1.165) is 28.3 Å². The van der Waals surface area contributed by atoms with Gasteiger partial charge in [0.15, 0.2) is 0 Å². The van der Waals surface area contributed by atoms with Gasteiger partial charge in [0.25, 0.3) is 0 Å². The van der Waals surface area contributed by atoms with E-state index in [-0.39, 0.29) is 0 Å². The molecule has 0 bridgehead atoms. The predicted molar refractivity (Wildman–Crippen MR) is 73.9 cm³/mol. The molecule has 3 aromatic rings. The fourth-order valence-electron chi connectivity index (χ4n) is 1.92. The molecule has 1 aromatic heterocycles. The number of imidazole rings is 1. The van der Waals surface area contributed by atoms with Gasteiger partial charge in [0.2, 0.25) is 0 Å². The van der Waals surface area contributed by atoms with E-state index in [2.05, 4.69) is 22.1 Å². The van der Waals surface area contributed by atoms with Crippen molar-refractivity contribution < 1.29 is 0 Å². The number of hydrogen-bond acceptors (Lipinski definition) is 2. The first kappa shape index (κ1) is 10.6. The van der Waals surface area contributed by atoms with Crippen LogP contribution in [0.15, 0.2) is 60.8 Å². The molecule has 88 valence electrons. The molecule has 18 heavy (non-hydrogen) atoms. The average Bonchev–Trinajstić information content (AvgIpc) is 2.89. The van der Waals surface area contributed by atoms with Crippen LogP contribution in [-0.4, -0.2) is 9.97 Å². The van der Waals surface area contributed by atoms with Crippen molar-refractivity contribution in [3.63, 3.8) is 0 Å². The molecule has 3 N–H and O–H groups in total. The molecule has 0 fully saturated rings. The predicted octanol–water partition coefficient (Wildman–Crippen LogP) is 3.33. The maximum absolute atomic E-state index is 5.77. The molecule has 0 radical (unpaired) electrons. The van der Waals surface area contributed by atoms with Gasteiger partial charge in [0.05, 0.1) is 11.9 Å². The topological polar surface area (TPSA) is 54.7 Å². The van der Waals surface area contributed by atoms with E-state index >= 15 is 0 Å². The first-order valence-electron chi connectivity index (χ1n) is 5.79. The van der Waals surface area contributed by atoms with Crippen molar-refractivity contribution in [1.29, 1.82) is 0 Å². The first-order valence-corrected chi connectivity index (χ1v) is 5.79. The van der Waals surface area contributed by atoms with E-state index in [1.54, 1.807) is 0 Å². The van der Waals surface area contributed by atoms with Gasteiger partial charge in [0, 0.05) is 11.3 Å². The summed E-state index contributed by atoms with van der Waals surface area (Å²) in [5.74, 6) is 0.834. The SMILES string of the molecule is Nc1cccc(-c2ncc(-c3ccccc3)[nH]2)c1. The van der Waals surface area contributed by atoms with Crippen LogP contribution in [0.3, 0.4) is 0 Å². The van der Waals surface area contributed by atoms with Gasteiger partial charge in [-0.15, -0.1) is 0 Å². The summed E-state index contributed by atoms with van der Waals surface area (Å²) in [7, 11) is 0. The Morgan fingerprint density at radius 2 is 1.67 bits per heavy atom. The van der Waals surface area contributed by atoms with Crippen LogP contribution in [0.1, 0.15) is 0 Å². The molecule has 0 saturated heterocycles. The first-order chi connectivity index (χ1) is 8.83. The summed E-state index contributed by atoms with van der Waals surface area (Å²) in [6.07, 6.45) is 1.84. The van der Waals surface area contributed by atoms with Crippen molar-refractivity contribution in [2.24, 2.45) is 0 Å². The monoisotopic (exact) mass is 235 g/mol. The highest BCUT2D eigenvalue weighted by Gasteiger charge is 2.04. The van der Waals surface area contributed by atoms with Crippen molar-refractivity contribution in [2.45, 2.75) is 0 Å². The van der Waals surface area contributed by atoms with E-state index in [4.69, 9.17) is 5.73 Å². The Morgan fingerprint density at radius 1 is 0.889 bits per heavy atom. The van der Waals surface area contributed by atoms with Crippen molar-refractivity contribution >= 4 is 5.69 Å². The van der Waals surface area contributed by atoms with Crippen molar-refractivity contribution in [1.82, 2.24) is 9.97 Å². The molecule has 1 heterocycles. The Bertz CT molecular complexity index is 656. The number of nitrogens with two attached hydrogens (primary N) is 1. The normalized spacial score (nSPS) is 10.4. The molecule has 0 amide bonds. The summed E-state index contributed by atoms with van der Waals surface area (Å²) in [4.78, 5) is 7.70. The van der Waals surface area contributed by atoms with E-state index in [1.807, 2.05) is 48.7 Å². The number of benzene rings is 2. The number of aromatic amines is 1. The maximum atomic E-state index is 5.77. The molecular formula is C15H13N3. The number of hydrogen-bond donors (Lipinski definition) is 2. The van der Waals surface area contributed by atoms with Gasteiger partial charge in [-0.05, 0) is 17.7 Å². The second-order valence-corrected chi connectivity index (χ2v) is 4.14. The van der Waals surface area contributed by atoms with Gasteiger partial charge in [-0.1, -0.05) is 42.5 Å². The summed E-state index contributed by atoms with van der Waals surface area (Å²) >= 11 is 0. The number of nitrogens with zero attached hydrogens (tertiary/aromatic N) is 1. The summed E-state index contributed by atoms with van der Waals surface area (Å²) in [5.41, 5.74) is 9.64. The Balaban J connectivity index is 2.00. The van der Waals surface area contributed by atoms with Gasteiger partial charge in [0.1, 0.15) is 5.82 Å². The fourth-order valence-corrected chi connectivity index (χ4v) is 1.92. The van der Waals surface area contributed by atoms with Crippen LogP contribution in [0.5, 0.6) is 0 Å². The summed E-state index contributed by atoms with van der Waals surface area (Å²) in [6.45, 7) is 0. The van der Waals surface area contributed by atoms with E-state index in [0.29, 0.717) is 0 Å². The lowest BCUT2D eigenvalue weighted by atomic mass is 10.2. The van der Waals surface area contributed by atoms with Gasteiger partial charge in [-0.25, -0.2) is 4.98 Å². The van der Waals surface area contributed by atoms with Crippen LogP contribution in [-0.2, 0) is 0 Å². The van der Waals surface area contributed by atoms with Gasteiger partial charge < -0.3 is 10.7 Å². The lowest BCUT2D eigenvalue weighted by Gasteiger charge is -1.99. The second kappa shape index (κ2) is 4.37. The van der Waals surface area contributed by atoms with Crippen LogP contribution in [0.4, 0.5) is 5.69 Å². The summed E-state index contributed by atoms with van der Waals surface area (Å²) < 4.78 is 0. The molecule has 2 aromatic carbocycles. The minimum Gasteiger partial charge on any atom is -0.399 e. The fraction of sp³-hybridized carbons (Fsp3) is 0. The third kappa shape index (κ3) is 1.98. The minimum absolute atomic E-state index is 0.741. The highest BCUT2D eigenvalue weighted by Crippen LogP contribution is 2.22. The van der Waals surface area contributed by atoms with Crippen molar-refractivity contribution in [3.8, 4) is 22.6 Å². The Morgan fingerprint density at radius 3 is 2.44 bits per heavy atom. The Kier molecular flexibility index (Phi) is 2.57. The quantitative estimate of drug-likeness (QED) is 0.669. The zero-order valence-corrected chi connectivity index (χ0v) is 9.80. The molecule has 3 heteroatoms. The molecular weight excluding hydrogens is 222 g/mol. The third-order valence-electron chi connectivity index (χ3n) is 2.82. The third-order valence-corrected chi connectivity index (χ3v) is 2.82. The van der Waals surface area contributed by atoms with Gasteiger partial charge in [-0.2, -0.15) is 0 Å². The molecule has 3 nitrogen and oxygen atoms in total. The van der Waals surface area contributed by atoms with Crippen LogP contribution in [0.2, 0.25) is 0 Å². The number of nitrogen functional groups attached to an aromatic ring is 1. The number of rotatable bonds is 2. The lowest BCUT2D eigenvalue weighted by Crippen LogP contribution is -1.86. The average molecular weight is 235 g/mol. The van der Waals surface area contributed by atoms with Crippen LogP contribution >= 0.6 is 0 Å². The zero-order chi connectivity index (χ0) is 12.4. The lowest BCUT2D eigenvalue weighted by molar-refractivity contribution is 1.31. The van der Waals surface area contributed by atoms with E-state index in [1.165, 1.54) is 0 Å². The summed E-state index contributed by atoms with van der Waals surface area (Å²) in [5, 5.41) is 0. The van der Waals surface area contributed by atoms with Crippen molar-refractivity contribution in [2.75, 3.05) is 5.73 Å². The molecule has 3 rings (SSSR count). The Labute approximate surface area is 105 Å². The maximum Gasteiger partial charge on any atom is 0.137 e. The Hall–Kier alpha value is -2.55. The number of anilines is 1. The number of nitrogens with one attached hydrogen (secondary N) is 1. The highest BCUT2D eigenvalue weighted by atomic mass is 14.9. The molecule has 0 aliphatic heterocycles. The van der Waals surface area contributed by atoms with Crippen LogP contribution < -0.4 is 5.73 Å². The molecule has 0 aliphatic carbocycles. The van der Waals surface area contributed by atoms with Crippen LogP contribution in [0, 0.1) is 0 Å². The van der Waals surface area contributed by atoms with Crippen LogP contribution in [0.25, 0.3) is 22.6 Å². The highest BCUT2D eigenvalue weighted by molar-refractivity contribution is 5.66. The number of H-pyrrole nitrogens is 1. The van der Waals surface area contributed by atoms with Gasteiger partial charge in [-0.3, -0.25) is 0 Å². The zero-order valence-electron chi connectivity index (χ0n) is 9.80. The van der Waals surface area contributed by atoms with Gasteiger partial charge >= 0.3 is 0 Å². The van der Waals surface area contributed by atoms with E-state index in [9.17, 15) is 0 Å². The summed E-state index contributed by atoms with van der Waals surface area (Å²) in [6, 6.07) is 17.8. The molecule has 0 atom stereocenters. The standard InChI is InChI=1S/C15H13N3/c16-13-8-4-7-12(9-13)15-17-10-14(18-15)11-5-2-1-3-6-11/h1-10H,16H2,(H,17,18). The smallest absolute Gasteiger partial charge is 0.137 e. The largest absolute Gasteiger partial charge is 0.399 e. The molecule has 0 saturated carbocycles. The molecule has 0 aliphatic rings. The minimum atomic E-state index is 0.741. The molecule has 0 spiro atoms. The van der Waals surface area contributed by atoms with E-state index < -0.39 is 0 Å². The van der Waals surface area contributed by atoms with Crippen molar-refractivity contribution in [3.05, 3.63) is 60.8 Å². The second-order valence-electron chi connectivity index (χ2n) is 4.14. The number of aromatic nitrogens is 2. The molecule has 0 unspecified atom stereocenters.